The lowest BCUT2D eigenvalue weighted by Crippen LogP contribution is -2.22. The van der Waals surface area contributed by atoms with Crippen LogP contribution >= 0.6 is 12.4 Å². The molecule has 0 radical (unpaired) electrons. The normalized spacial score (nSPS) is 10.2. The van der Waals surface area contributed by atoms with E-state index in [2.05, 4.69) is 5.32 Å². The number of halogens is 1. The minimum atomic E-state index is -0.208. The molecular weight excluding hydrogens is 268 g/mol. The highest BCUT2D eigenvalue weighted by Gasteiger charge is 1.99. The summed E-state index contributed by atoms with van der Waals surface area (Å²) in [6.07, 6.45) is 4.69. The van der Waals surface area contributed by atoms with E-state index < -0.39 is 0 Å². The number of nitrogens with two attached hydrogens (primary N) is 1. The van der Waals surface area contributed by atoms with Gasteiger partial charge < -0.3 is 21.3 Å². The third-order valence-corrected chi connectivity index (χ3v) is 2.36. The molecule has 0 aliphatic carbocycles. The number of phenols is 2. The molecule has 0 spiro atoms. The highest BCUT2D eigenvalue weighted by atomic mass is 35.5. The molecule has 19 heavy (non-hydrogen) atoms. The number of phenolic OH excluding ortho intramolecular Hbond substituents is 2. The first-order chi connectivity index (χ1) is 8.63. The molecule has 1 aromatic carbocycles. The van der Waals surface area contributed by atoms with Crippen LogP contribution < -0.4 is 11.1 Å². The molecule has 0 unspecified atom stereocenters. The predicted octanol–water partition coefficient (Wildman–Crippen LogP) is 1.39. The van der Waals surface area contributed by atoms with Crippen LogP contribution in [0.5, 0.6) is 11.5 Å². The van der Waals surface area contributed by atoms with Crippen molar-refractivity contribution in [2.75, 3.05) is 13.1 Å². The minimum Gasteiger partial charge on any atom is -0.504 e. The number of amides is 1. The summed E-state index contributed by atoms with van der Waals surface area (Å²) in [6.45, 7) is 1.22. The quantitative estimate of drug-likeness (QED) is 0.361. The Morgan fingerprint density at radius 3 is 2.63 bits per heavy atom. The standard InChI is InChI=1S/C13H18N2O3.ClH/c14-7-1-2-8-15-13(18)6-4-10-3-5-11(16)12(17)9-10;/h3-6,9,16-17H,1-2,7-8,14H2,(H,15,18);1H/b6-4+;. The van der Waals surface area contributed by atoms with Gasteiger partial charge in [0.15, 0.2) is 11.5 Å². The van der Waals surface area contributed by atoms with Crippen molar-refractivity contribution in [3.63, 3.8) is 0 Å². The molecule has 0 aromatic heterocycles. The van der Waals surface area contributed by atoms with E-state index in [0.717, 1.165) is 12.8 Å². The summed E-state index contributed by atoms with van der Waals surface area (Å²) in [5, 5.41) is 21.1. The monoisotopic (exact) mass is 286 g/mol. The van der Waals surface area contributed by atoms with Gasteiger partial charge in [0.25, 0.3) is 0 Å². The van der Waals surface area contributed by atoms with Crippen molar-refractivity contribution in [1.29, 1.82) is 0 Å². The number of aromatic hydroxyl groups is 2. The van der Waals surface area contributed by atoms with Crippen LogP contribution in [0.3, 0.4) is 0 Å². The van der Waals surface area contributed by atoms with Gasteiger partial charge in [0.2, 0.25) is 5.91 Å². The Hall–Kier alpha value is -1.72. The molecule has 0 saturated heterocycles. The summed E-state index contributed by atoms with van der Waals surface area (Å²) in [5.74, 6) is -0.585. The zero-order valence-electron chi connectivity index (χ0n) is 10.5. The Labute approximate surface area is 118 Å². The number of nitrogens with one attached hydrogen (secondary N) is 1. The van der Waals surface area contributed by atoms with Crippen LogP contribution in [0.15, 0.2) is 24.3 Å². The number of unbranched alkanes of at least 4 members (excludes halogenated alkanes) is 1. The van der Waals surface area contributed by atoms with Gasteiger partial charge in [-0.15, -0.1) is 12.4 Å². The molecule has 0 atom stereocenters. The van der Waals surface area contributed by atoms with Crippen molar-refractivity contribution in [3.05, 3.63) is 29.8 Å². The van der Waals surface area contributed by atoms with Crippen LogP contribution in [0.1, 0.15) is 18.4 Å². The summed E-state index contributed by atoms with van der Waals surface area (Å²) in [7, 11) is 0. The molecule has 0 aliphatic rings. The van der Waals surface area contributed by atoms with Gasteiger partial charge in [-0.2, -0.15) is 0 Å². The first-order valence-electron chi connectivity index (χ1n) is 5.81. The lowest BCUT2D eigenvalue weighted by molar-refractivity contribution is -0.116. The van der Waals surface area contributed by atoms with Crippen molar-refractivity contribution < 1.29 is 15.0 Å². The molecule has 0 aliphatic heterocycles. The highest BCUT2D eigenvalue weighted by Crippen LogP contribution is 2.25. The summed E-state index contributed by atoms with van der Waals surface area (Å²) in [4.78, 5) is 11.4. The van der Waals surface area contributed by atoms with Gasteiger partial charge in [0, 0.05) is 12.6 Å². The number of carbonyl (C=O) groups is 1. The smallest absolute Gasteiger partial charge is 0.243 e. The molecule has 0 bridgehead atoms. The van der Waals surface area contributed by atoms with Gasteiger partial charge in [0.05, 0.1) is 0 Å². The van der Waals surface area contributed by atoms with Gasteiger partial charge in [-0.3, -0.25) is 4.79 Å². The molecule has 106 valence electrons. The second kappa shape index (κ2) is 9.24. The third kappa shape index (κ3) is 6.69. The molecule has 6 heteroatoms. The van der Waals surface area contributed by atoms with Gasteiger partial charge in [0.1, 0.15) is 0 Å². The number of hydrogen-bond acceptors (Lipinski definition) is 4. The number of benzene rings is 1. The Morgan fingerprint density at radius 2 is 2.00 bits per heavy atom. The Morgan fingerprint density at radius 1 is 1.26 bits per heavy atom. The summed E-state index contributed by atoms with van der Waals surface area (Å²) >= 11 is 0. The fourth-order valence-corrected chi connectivity index (χ4v) is 1.36. The topological polar surface area (TPSA) is 95.6 Å². The third-order valence-electron chi connectivity index (χ3n) is 2.36. The molecule has 0 saturated carbocycles. The number of hydrogen-bond donors (Lipinski definition) is 4. The Balaban J connectivity index is 0.00000324. The zero-order chi connectivity index (χ0) is 13.4. The van der Waals surface area contributed by atoms with Crippen LogP contribution in [0.25, 0.3) is 6.08 Å². The fraction of sp³-hybridized carbons (Fsp3) is 0.308. The predicted molar refractivity (Wildman–Crippen MR) is 77.4 cm³/mol. The highest BCUT2D eigenvalue weighted by molar-refractivity contribution is 5.91. The van der Waals surface area contributed by atoms with E-state index in [1.165, 1.54) is 18.2 Å². The van der Waals surface area contributed by atoms with Gasteiger partial charge in [-0.1, -0.05) is 6.07 Å². The van der Waals surface area contributed by atoms with Crippen LogP contribution in [0.2, 0.25) is 0 Å². The second-order valence-electron chi connectivity index (χ2n) is 3.87. The fourth-order valence-electron chi connectivity index (χ4n) is 1.36. The van der Waals surface area contributed by atoms with Crippen molar-refractivity contribution >= 4 is 24.4 Å². The van der Waals surface area contributed by atoms with E-state index in [1.807, 2.05) is 0 Å². The zero-order valence-corrected chi connectivity index (χ0v) is 11.3. The van der Waals surface area contributed by atoms with Crippen LogP contribution in [0, 0.1) is 0 Å². The van der Waals surface area contributed by atoms with E-state index >= 15 is 0 Å². The van der Waals surface area contributed by atoms with Crippen LogP contribution in [-0.4, -0.2) is 29.2 Å². The Kier molecular flexibility index (Phi) is 8.41. The summed E-state index contributed by atoms with van der Waals surface area (Å²) in [6, 6.07) is 4.36. The maximum absolute atomic E-state index is 11.4. The lowest BCUT2D eigenvalue weighted by Gasteiger charge is -2.01. The van der Waals surface area contributed by atoms with E-state index in [0.29, 0.717) is 18.7 Å². The van der Waals surface area contributed by atoms with E-state index in [-0.39, 0.29) is 29.8 Å². The number of carbonyl (C=O) groups excluding carboxylic acids is 1. The maximum atomic E-state index is 11.4. The summed E-state index contributed by atoms with van der Waals surface area (Å²) in [5.41, 5.74) is 5.98. The summed E-state index contributed by atoms with van der Waals surface area (Å²) < 4.78 is 0. The molecule has 0 fully saturated rings. The first-order valence-corrected chi connectivity index (χ1v) is 5.81. The molecular formula is C13H19ClN2O3. The van der Waals surface area contributed by atoms with Gasteiger partial charge in [-0.25, -0.2) is 0 Å². The molecule has 5 N–H and O–H groups in total. The molecule has 5 nitrogen and oxygen atoms in total. The van der Waals surface area contributed by atoms with E-state index in [4.69, 9.17) is 10.8 Å². The SMILES string of the molecule is Cl.NCCCCNC(=O)/C=C/c1ccc(O)c(O)c1. The molecule has 1 amide bonds. The second-order valence-corrected chi connectivity index (χ2v) is 3.87. The van der Waals surface area contributed by atoms with Crippen molar-refractivity contribution in [3.8, 4) is 11.5 Å². The maximum Gasteiger partial charge on any atom is 0.243 e. The number of rotatable bonds is 6. The first kappa shape index (κ1) is 17.3. The van der Waals surface area contributed by atoms with Gasteiger partial charge >= 0.3 is 0 Å². The van der Waals surface area contributed by atoms with Gasteiger partial charge in [-0.05, 0) is 43.2 Å². The minimum absolute atomic E-state index is 0. The molecule has 1 aromatic rings. The lowest BCUT2D eigenvalue weighted by atomic mass is 10.2. The molecule has 0 heterocycles. The largest absolute Gasteiger partial charge is 0.504 e. The van der Waals surface area contributed by atoms with Crippen LogP contribution in [0.4, 0.5) is 0 Å². The van der Waals surface area contributed by atoms with Crippen molar-refractivity contribution in [2.24, 2.45) is 5.73 Å². The van der Waals surface area contributed by atoms with Crippen LogP contribution in [-0.2, 0) is 4.79 Å². The van der Waals surface area contributed by atoms with Crippen molar-refractivity contribution in [2.45, 2.75) is 12.8 Å². The average Bonchev–Trinajstić information content (AvgIpc) is 2.36. The van der Waals surface area contributed by atoms with E-state index in [9.17, 15) is 9.90 Å². The Bertz CT molecular complexity index is 436. The van der Waals surface area contributed by atoms with E-state index in [1.54, 1.807) is 12.1 Å². The van der Waals surface area contributed by atoms with Crippen molar-refractivity contribution in [1.82, 2.24) is 5.32 Å². The molecule has 1 rings (SSSR count). The average molecular weight is 287 g/mol.